The number of rotatable bonds is 8. The Morgan fingerprint density at radius 2 is 1.97 bits per heavy atom. The van der Waals surface area contributed by atoms with Gasteiger partial charge >= 0.3 is 0 Å². The summed E-state index contributed by atoms with van der Waals surface area (Å²) in [6.45, 7) is 8.59. The lowest BCUT2D eigenvalue weighted by molar-refractivity contribution is 0.0374. The smallest absolute Gasteiger partial charge is 0.0939 e. The van der Waals surface area contributed by atoms with E-state index in [4.69, 9.17) is 9.72 Å². The van der Waals surface area contributed by atoms with Gasteiger partial charge in [-0.3, -0.25) is 20.0 Å². The Morgan fingerprint density at radius 1 is 1.06 bits per heavy atom. The lowest BCUT2D eigenvalue weighted by Crippen LogP contribution is -2.37. The van der Waals surface area contributed by atoms with Crippen LogP contribution < -0.4 is 5.32 Å². The minimum Gasteiger partial charge on any atom is -0.379 e. The highest BCUT2D eigenvalue weighted by Crippen LogP contribution is 2.29. The molecular formula is C25H29N7O. The number of aromatic amines is 1. The monoisotopic (exact) mass is 443 g/mol. The van der Waals surface area contributed by atoms with E-state index >= 15 is 0 Å². The van der Waals surface area contributed by atoms with E-state index < -0.39 is 0 Å². The number of hydrogen-bond donors (Lipinski definition) is 2. The molecule has 1 saturated heterocycles. The van der Waals surface area contributed by atoms with E-state index in [0.29, 0.717) is 0 Å². The fourth-order valence-corrected chi connectivity index (χ4v) is 4.20. The van der Waals surface area contributed by atoms with Crippen molar-refractivity contribution in [1.82, 2.24) is 35.4 Å². The second kappa shape index (κ2) is 10.2. The molecule has 0 atom stereocenters. The summed E-state index contributed by atoms with van der Waals surface area (Å²) in [5.41, 5.74) is 7.44. The lowest BCUT2D eigenvalue weighted by atomic mass is 10.1. The van der Waals surface area contributed by atoms with Crippen molar-refractivity contribution in [2.45, 2.75) is 19.9 Å². The highest BCUT2D eigenvalue weighted by molar-refractivity contribution is 5.84. The van der Waals surface area contributed by atoms with E-state index in [1.165, 1.54) is 0 Å². The molecule has 4 aromatic heterocycles. The van der Waals surface area contributed by atoms with Crippen molar-refractivity contribution >= 4 is 11.0 Å². The molecule has 8 nitrogen and oxygen atoms in total. The molecule has 5 rings (SSSR count). The molecule has 8 heteroatoms. The molecule has 2 N–H and O–H groups in total. The minimum absolute atomic E-state index is 0.760. The van der Waals surface area contributed by atoms with Crippen LogP contribution in [0.1, 0.15) is 17.7 Å². The van der Waals surface area contributed by atoms with Gasteiger partial charge in [0.2, 0.25) is 0 Å². The summed E-state index contributed by atoms with van der Waals surface area (Å²) in [6, 6.07) is 12.0. The number of nitrogens with zero attached hydrogens (tertiary/aromatic N) is 5. The quantitative estimate of drug-likeness (QED) is 0.404. The van der Waals surface area contributed by atoms with Crippen molar-refractivity contribution in [1.29, 1.82) is 0 Å². The number of morpholine rings is 1. The molecule has 0 amide bonds. The fraction of sp³-hybridized carbons (Fsp3) is 0.360. The Morgan fingerprint density at radius 3 is 2.85 bits per heavy atom. The molecular weight excluding hydrogens is 414 g/mol. The van der Waals surface area contributed by atoms with E-state index in [2.05, 4.69) is 30.4 Å². The molecule has 0 bridgehead atoms. The van der Waals surface area contributed by atoms with Gasteiger partial charge < -0.3 is 10.1 Å². The van der Waals surface area contributed by atoms with Crippen molar-refractivity contribution < 1.29 is 4.74 Å². The van der Waals surface area contributed by atoms with Gasteiger partial charge in [0.15, 0.2) is 0 Å². The van der Waals surface area contributed by atoms with Crippen LogP contribution in [0.4, 0.5) is 0 Å². The first-order valence-electron chi connectivity index (χ1n) is 11.5. The largest absolute Gasteiger partial charge is 0.379 e. The summed E-state index contributed by atoms with van der Waals surface area (Å²) in [5, 5.41) is 10.9. The predicted molar refractivity (Wildman–Crippen MR) is 129 cm³/mol. The summed E-state index contributed by atoms with van der Waals surface area (Å²) < 4.78 is 5.42. The van der Waals surface area contributed by atoms with Gasteiger partial charge in [-0.15, -0.1) is 0 Å². The van der Waals surface area contributed by atoms with E-state index in [9.17, 15) is 0 Å². The number of hydrogen-bond acceptors (Lipinski definition) is 7. The fourth-order valence-electron chi connectivity index (χ4n) is 4.20. The molecule has 1 aliphatic heterocycles. The van der Waals surface area contributed by atoms with Crippen LogP contribution in [0.25, 0.3) is 33.7 Å². The molecule has 4 aromatic rings. The van der Waals surface area contributed by atoms with Gasteiger partial charge in [-0.2, -0.15) is 5.10 Å². The van der Waals surface area contributed by atoms with Gasteiger partial charge in [0.1, 0.15) is 0 Å². The van der Waals surface area contributed by atoms with Crippen molar-refractivity contribution in [3.8, 4) is 22.6 Å². The third-order valence-corrected chi connectivity index (χ3v) is 5.97. The van der Waals surface area contributed by atoms with Gasteiger partial charge in [0, 0.05) is 37.1 Å². The van der Waals surface area contributed by atoms with Crippen LogP contribution in [0.15, 0.2) is 48.8 Å². The molecule has 1 fully saturated rings. The average Bonchev–Trinajstić information content (AvgIpc) is 3.34. The number of aromatic nitrogens is 5. The third kappa shape index (κ3) is 5.08. The van der Waals surface area contributed by atoms with Crippen LogP contribution in [0.2, 0.25) is 0 Å². The number of ether oxygens (including phenoxy) is 1. The van der Waals surface area contributed by atoms with Crippen LogP contribution in [0.3, 0.4) is 0 Å². The number of nitrogens with one attached hydrogen (secondary N) is 2. The Kier molecular flexibility index (Phi) is 6.66. The van der Waals surface area contributed by atoms with Gasteiger partial charge in [0.05, 0.1) is 47.5 Å². The molecule has 0 radical (unpaired) electrons. The normalized spacial score (nSPS) is 14.7. The van der Waals surface area contributed by atoms with Crippen LogP contribution in [-0.2, 0) is 11.3 Å². The van der Waals surface area contributed by atoms with Gasteiger partial charge in [-0.05, 0) is 62.3 Å². The molecule has 0 saturated carbocycles. The topological polar surface area (TPSA) is 91.9 Å². The molecule has 0 spiro atoms. The zero-order chi connectivity index (χ0) is 22.5. The van der Waals surface area contributed by atoms with E-state index in [1.807, 2.05) is 55.7 Å². The SMILES string of the molecule is Cc1cccc(-c2[nH]ncc2-c2ccc3nccc(CNCCCN4CCOCC4)c3n2)n1. The van der Waals surface area contributed by atoms with Crippen LogP contribution in [-0.4, -0.2) is 69.4 Å². The maximum absolute atomic E-state index is 5.42. The summed E-state index contributed by atoms with van der Waals surface area (Å²) >= 11 is 0. The van der Waals surface area contributed by atoms with Crippen molar-refractivity contribution in [2.24, 2.45) is 0 Å². The summed E-state index contributed by atoms with van der Waals surface area (Å²) in [4.78, 5) is 16.6. The highest BCUT2D eigenvalue weighted by Gasteiger charge is 2.14. The number of aryl methyl sites for hydroxylation is 1. The molecule has 170 valence electrons. The second-order valence-corrected chi connectivity index (χ2v) is 8.34. The van der Waals surface area contributed by atoms with Crippen molar-refractivity contribution in [3.05, 3.63) is 60.0 Å². The summed E-state index contributed by atoms with van der Waals surface area (Å²) in [6.07, 6.45) is 4.78. The Hall–Kier alpha value is -3.20. The van der Waals surface area contributed by atoms with Gasteiger partial charge in [0.25, 0.3) is 0 Å². The standard InChI is InChI=1S/C25H29N7O/c1-18-4-2-5-23(29-18)25-20(17-28-31-25)21-6-7-22-24(30-21)19(8-10-27-22)16-26-9-3-11-32-12-14-33-15-13-32/h2,4-8,10,17,26H,3,9,11-16H2,1H3,(H,28,31). The summed E-state index contributed by atoms with van der Waals surface area (Å²) in [5.74, 6) is 0. The van der Waals surface area contributed by atoms with Gasteiger partial charge in [-0.1, -0.05) is 6.07 Å². The number of fused-ring (bicyclic) bond motifs is 1. The first kappa shape index (κ1) is 21.6. The van der Waals surface area contributed by atoms with Crippen molar-refractivity contribution in [3.63, 3.8) is 0 Å². The minimum atomic E-state index is 0.760. The number of H-pyrrole nitrogens is 1. The summed E-state index contributed by atoms with van der Waals surface area (Å²) in [7, 11) is 0. The molecule has 1 aliphatic rings. The Balaban J connectivity index is 1.31. The second-order valence-electron chi connectivity index (χ2n) is 8.34. The Bertz CT molecular complexity index is 1220. The van der Waals surface area contributed by atoms with E-state index in [1.54, 1.807) is 0 Å². The van der Waals surface area contributed by atoms with Crippen molar-refractivity contribution in [2.75, 3.05) is 39.4 Å². The van der Waals surface area contributed by atoms with Crippen LogP contribution in [0.5, 0.6) is 0 Å². The van der Waals surface area contributed by atoms with Gasteiger partial charge in [-0.25, -0.2) is 4.98 Å². The third-order valence-electron chi connectivity index (χ3n) is 5.97. The maximum Gasteiger partial charge on any atom is 0.0939 e. The Labute approximate surface area is 193 Å². The predicted octanol–water partition coefficient (Wildman–Crippen LogP) is 3.20. The molecule has 0 unspecified atom stereocenters. The maximum atomic E-state index is 5.42. The lowest BCUT2D eigenvalue weighted by Gasteiger charge is -2.26. The molecule has 5 heterocycles. The molecule has 33 heavy (non-hydrogen) atoms. The van der Waals surface area contributed by atoms with Crippen LogP contribution in [0, 0.1) is 6.92 Å². The zero-order valence-electron chi connectivity index (χ0n) is 18.9. The number of pyridine rings is 3. The van der Waals surface area contributed by atoms with E-state index in [0.717, 1.165) is 97.3 Å². The van der Waals surface area contributed by atoms with Crippen LogP contribution >= 0.6 is 0 Å². The average molecular weight is 444 g/mol. The molecule has 0 aromatic carbocycles. The zero-order valence-corrected chi connectivity index (χ0v) is 18.9. The highest BCUT2D eigenvalue weighted by atomic mass is 16.5. The molecule has 0 aliphatic carbocycles. The van der Waals surface area contributed by atoms with E-state index in [-0.39, 0.29) is 0 Å². The first-order chi connectivity index (χ1) is 16.3. The first-order valence-corrected chi connectivity index (χ1v) is 11.5.